The van der Waals surface area contributed by atoms with Gasteiger partial charge in [0, 0.05) is 19.5 Å². The van der Waals surface area contributed by atoms with Crippen LogP contribution in [0.3, 0.4) is 0 Å². The minimum absolute atomic E-state index is 0.132. The highest BCUT2D eigenvalue weighted by atomic mass is 16.2. The number of hydrogen-bond donors (Lipinski definition) is 2. The van der Waals surface area contributed by atoms with Gasteiger partial charge in [-0.1, -0.05) is 30.3 Å². The second kappa shape index (κ2) is 8.12. The van der Waals surface area contributed by atoms with E-state index in [1.54, 1.807) is 0 Å². The summed E-state index contributed by atoms with van der Waals surface area (Å²) >= 11 is 0. The summed E-state index contributed by atoms with van der Waals surface area (Å²) in [5, 5.41) is 5.27. The fourth-order valence-electron chi connectivity index (χ4n) is 3.44. The summed E-state index contributed by atoms with van der Waals surface area (Å²) in [5.41, 5.74) is 0.907. The van der Waals surface area contributed by atoms with Crippen LogP contribution >= 0.6 is 0 Å². The number of nitrogens with one attached hydrogen (secondary N) is 2. The van der Waals surface area contributed by atoms with Crippen LogP contribution < -0.4 is 10.6 Å². The monoisotopic (exact) mass is 357 g/mol. The van der Waals surface area contributed by atoms with Crippen molar-refractivity contribution in [3.63, 3.8) is 0 Å². The van der Waals surface area contributed by atoms with Crippen molar-refractivity contribution < 1.29 is 19.2 Å². The van der Waals surface area contributed by atoms with E-state index in [1.807, 2.05) is 30.3 Å². The first-order chi connectivity index (χ1) is 12.6. The van der Waals surface area contributed by atoms with Gasteiger partial charge in [-0.05, 0) is 31.2 Å². The lowest BCUT2D eigenvalue weighted by molar-refractivity contribution is -0.144. The van der Waals surface area contributed by atoms with Crippen LogP contribution in [0, 0.1) is 0 Å². The van der Waals surface area contributed by atoms with Crippen LogP contribution in [0.1, 0.15) is 37.7 Å². The van der Waals surface area contributed by atoms with Crippen LogP contribution in [0.25, 0.3) is 0 Å². The predicted octanol–water partition coefficient (Wildman–Crippen LogP) is 0.532. The van der Waals surface area contributed by atoms with Gasteiger partial charge in [0.1, 0.15) is 12.1 Å². The average Bonchev–Trinajstić information content (AvgIpc) is 2.87. The number of hydrogen-bond acceptors (Lipinski definition) is 4. The number of rotatable bonds is 5. The third kappa shape index (κ3) is 4.09. The minimum Gasteiger partial charge on any atom is -0.354 e. The number of ketones is 1. The molecule has 0 unspecified atom stereocenters. The van der Waals surface area contributed by atoms with Crippen molar-refractivity contribution in [3.8, 4) is 0 Å². The molecule has 1 aromatic rings. The Bertz CT molecular complexity index is 704. The molecule has 0 spiro atoms. The predicted molar refractivity (Wildman–Crippen MR) is 93.8 cm³/mol. The molecule has 0 radical (unpaired) electrons. The summed E-state index contributed by atoms with van der Waals surface area (Å²) in [6.07, 6.45) is 2.76. The maximum absolute atomic E-state index is 12.6. The number of amides is 3. The molecule has 7 nitrogen and oxygen atoms in total. The van der Waals surface area contributed by atoms with Crippen LogP contribution in [0.4, 0.5) is 0 Å². The molecule has 0 aliphatic carbocycles. The number of Topliss-reactive ketones (excluding diaryl/α,β-unsaturated/α-hetero) is 1. The van der Waals surface area contributed by atoms with Gasteiger partial charge < -0.3 is 15.5 Å². The van der Waals surface area contributed by atoms with Gasteiger partial charge in [0.15, 0.2) is 0 Å². The van der Waals surface area contributed by atoms with E-state index < -0.39 is 23.8 Å². The zero-order valence-corrected chi connectivity index (χ0v) is 14.6. The summed E-state index contributed by atoms with van der Waals surface area (Å²) < 4.78 is 0. The zero-order chi connectivity index (χ0) is 18.5. The van der Waals surface area contributed by atoms with Crippen LogP contribution in [0.2, 0.25) is 0 Å². The minimum atomic E-state index is -0.787. The topological polar surface area (TPSA) is 95.6 Å². The van der Waals surface area contributed by atoms with Crippen molar-refractivity contribution >= 4 is 23.5 Å². The van der Waals surface area contributed by atoms with E-state index in [0.717, 1.165) is 18.4 Å². The lowest BCUT2D eigenvalue weighted by Gasteiger charge is -2.24. The third-order valence-corrected chi connectivity index (χ3v) is 4.89. The SMILES string of the molecule is O=C(N[C@@H]1CCCCNC1=O)C(=O)[C@H]1CCC(=O)N1Cc1ccccc1. The second-order valence-corrected chi connectivity index (χ2v) is 6.74. The lowest BCUT2D eigenvalue weighted by atomic mass is 10.1. The highest BCUT2D eigenvalue weighted by molar-refractivity contribution is 6.39. The average molecular weight is 357 g/mol. The maximum Gasteiger partial charge on any atom is 0.290 e. The Hall–Kier alpha value is -2.70. The summed E-state index contributed by atoms with van der Waals surface area (Å²) in [6.45, 7) is 0.883. The first kappa shape index (κ1) is 18.1. The van der Waals surface area contributed by atoms with Gasteiger partial charge in [0.2, 0.25) is 17.6 Å². The van der Waals surface area contributed by atoms with Gasteiger partial charge in [-0.15, -0.1) is 0 Å². The Morgan fingerprint density at radius 3 is 2.65 bits per heavy atom. The fraction of sp³-hybridized carbons (Fsp3) is 0.474. The van der Waals surface area contributed by atoms with Crippen LogP contribution in [0.5, 0.6) is 0 Å². The van der Waals surface area contributed by atoms with Crippen molar-refractivity contribution in [2.24, 2.45) is 0 Å². The van der Waals surface area contributed by atoms with Crippen molar-refractivity contribution in [3.05, 3.63) is 35.9 Å². The second-order valence-electron chi connectivity index (χ2n) is 6.74. The number of benzene rings is 1. The van der Waals surface area contributed by atoms with Crippen molar-refractivity contribution in [2.75, 3.05) is 6.54 Å². The smallest absolute Gasteiger partial charge is 0.290 e. The van der Waals surface area contributed by atoms with Crippen LogP contribution in [0.15, 0.2) is 30.3 Å². The standard InChI is InChI=1S/C19H23N3O4/c23-16-10-9-15(22(16)12-13-6-2-1-3-7-13)17(24)19(26)21-14-8-4-5-11-20-18(14)25/h1-3,6-7,14-15H,4-5,8-12H2,(H,20,25)(H,21,26)/t14-,15-/m1/s1. The first-order valence-corrected chi connectivity index (χ1v) is 9.02. The normalized spacial score (nSPS) is 23.3. The Labute approximate surface area is 152 Å². The molecule has 2 N–H and O–H groups in total. The summed E-state index contributed by atoms with van der Waals surface area (Å²) in [5.74, 6) is -1.83. The van der Waals surface area contributed by atoms with Gasteiger partial charge >= 0.3 is 0 Å². The lowest BCUT2D eigenvalue weighted by Crippen LogP contribution is -2.51. The van der Waals surface area contributed by atoms with Gasteiger partial charge in [0.05, 0.1) is 0 Å². The quantitative estimate of drug-likeness (QED) is 0.752. The van der Waals surface area contributed by atoms with E-state index in [0.29, 0.717) is 25.9 Å². The Kier molecular flexibility index (Phi) is 5.65. The van der Waals surface area contributed by atoms with Crippen LogP contribution in [-0.4, -0.2) is 47.0 Å². The molecule has 7 heteroatoms. The molecular formula is C19H23N3O4. The van der Waals surface area contributed by atoms with Gasteiger partial charge in [-0.25, -0.2) is 0 Å². The maximum atomic E-state index is 12.6. The molecule has 2 fully saturated rings. The summed E-state index contributed by atoms with van der Waals surface area (Å²) in [7, 11) is 0. The molecular weight excluding hydrogens is 334 g/mol. The van der Waals surface area contributed by atoms with Crippen molar-refractivity contribution in [1.29, 1.82) is 0 Å². The Morgan fingerprint density at radius 2 is 1.88 bits per heavy atom. The summed E-state index contributed by atoms with van der Waals surface area (Å²) in [6, 6.07) is 7.91. The van der Waals surface area contributed by atoms with E-state index in [2.05, 4.69) is 10.6 Å². The molecule has 1 aromatic carbocycles. The van der Waals surface area contributed by atoms with Gasteiger partial charge in [-0.2, -0.15) is 0 Å². The Morgan fingerprint density at radius 1 is 1.12 bits per heavy atom. The molecule has 3 rings (SSSR count). The molecule has 2 heterocycles. The van der Waals surface area contributed by atoms with Crippen molar-refractivity contribution in [2.45, 2.75) is 50.7 Å². The molecule has 26 heavy (non-hydrogen) atoms. The van der Waals surface area contributed by atoms with Gasteiger partial charge in [0.25, 0.3) is 5.91 Å². The molecule has 138 valence electrons. The third-order valence-electron chi connectivity index (χ3n) is 4.89. The highest BCUT2D eigenvalue weighted by Gasteiger charge is 2.39. The summed E-state index contributed by atoms with van der Waals surface area (Å²) in [4.78, 5) is 50.6. The van der Waals surface area contributed by atoms with Gasteiger partial charge in [-0.3, -0.25) is 19.2 Å². The van der Waals surface area contributed by atoms with Crippen molar-refractivity contribution in [1.82, 2.24) is 15.5 Å². The molecule has 2 aliphatic rings. The molecule has 2 aliphatic heterocycles. The molecule has 3 amide bonds. The largest absolute Gasteiger partial charge is 0.354 e. The van der Waals surface area contributed by atoms with E-state index in [-0.39, 0.29) is 18.2 Å². The van der Waals surface area contributed by atoms with E-state index in [1.165, 1.54) is 4.90 Å². The molecule has 0 bridgehead atoms. The van der Waals surface area contributed by atoms with E-state index in [9.17, 15) is 19.2 Å². The molecule has 0 saturated carbocycles. The van der Waals surface area contributed by atoms with E-state index >= 15 is 0 Å². The molecule has 0 aromatic heterocycles. The number of nitrogens with zero attached hydrogens (tertiary/aromatic N) is 1. The first-order valence-electron chi connectivity index (χ1n) is 9.02. The number of carbonyl (C=O) groups excluding carboxylic acids is 4. The molecule has 2 saturated heterocycles. The Balaban J connectivity index is 1.66. The zero-order valence-electron chi connectivity index (χ0n) is 14.6. The van der Waals surface area contributed by atoms with Crippen LogP contribution in [-0.2, 0) is 25.7 Å². The fourth-order valence-corrected chi connectivity index (χ4v) is 3.44. The van der Waals surface area contributed by atoms with E-state index in [4.69, 9.17) is 0 Å². The molecule has 2 atom stereocenters. The number of likely N-dealkylation sites (tertiary alicyclic amines) is 1. The number of carbonyl (C=O) groups is 4. The highest BCUT2D eigenvalue weighted by Crippen LogP contribution is 2.22.